The molecule has 1 atom stereocenters. The van der Waals surface area contributed by atoms with Crippen LogP contribution in [0.25, 0.3) is 0 Å². The second-order valence-electron chi connectivity index (χ2n) is 3.60. The molecule has 0 spiro atoms. The maximum atomic E-state index is 12.1. The van der Waals surface area contributed by atoms with Gasteiger partial charge in [0.1, 0.15) is 0 Å². The van der Waals surface area contributed by atoms with Crippen LogP contribution in [0.15, 0.2) is 0 Å². The highest BCUT2D eigenvalue weighted by atomic mass is 35.5. The van der Waals surface area contributed by atoms with E-state index in [2.05, 4.69) is 0 Å². The van der Waals surface area contributed by atoms with Gasteiger partial charge in [-0.05, 0) is 12.8 Å². The largest absolute Gasteiger partial charge is 0.409 e. The Bertz CT molecular complexity index is 263. The van der Waals surface area contributed by atoms with Crippen molar-refractivity contribution in [2.45, 2.75) is 37.5 Å². The molecule has 0 fully saturated rings. The molecule has 2 nitrogen and oxygen atoms in total. The molecule has 0 bridgehead atoms. The zero-order valence-corrected chi connectivity index (χ0v) is 10.1. The van der Waals surface area contributed by atoms with Gasteiger partial charge in [-0.1, -0.05) is 6.92 Å². The molecule has 1 N–H and O–H groups in total. The molecule has 1 amide bonds. The summed E-state index contributed by atoms with van der Waals surface area (Å²) >= 11 is 5.61. The van der Waals surface area contributed by atoms with Crippen LogP contribution in [0.4, 0.5) is 26.3 Å². The van der Waals surface area contributed by atoms with E-state index < -0.39 is 29.6 Å². The van der Waals surface area contributed by atoms with Crippen LogP contribution in [-0.4, -0.2) is 30.2 Å². The van der Waals surface area contributed by atoms with E-state index in [1.54, 1.807) is 12.2 Å². The molecule has 0 saturated heterocycles. The minimum absolute atomic E-state index is 0.103. The highest BCUT2D eigenvalue weighted by Crippen LogP contribution is 2.39. The van der Waals surface area contributed by atoms with Crippen LogP contribution in [-0.2, 0) is 4.79 Å². The van der Waals surface area contributed by atoms with Gasteiger partial charge < -0.3 is 5.32 Å². The number of carbonyl (C=O) groups excluding carboxylic acids is 1. The predicted octanol–water partition coefficient (Wildman–Crippen LogP) is 3.25. The quantitative estimate of drug-likeness (QED) is 0.613. The van der Waals surface area contributed by atoms with Crippen molar-refractivity contribution in [1.82, 2.24) is 5.32 Å². The maximum Gasteiger partial charge on any atom is 0.409 e. The summed E-state index contributed by atoms with van der Waals surface area (Å²) in [4.78, 5) is 10.9. The van der Waals surface area contributed by atoms with E-state index in [0.29, 0.717) is 6.42 Å². The lowest BCUT2D eigenvalue weighted by Crippen LogP contribution is -2.48. The van der Waals surface area contributed by atoms with Crippen molar-refractivity contribution in [3.63, 3.8) is 0 Å². The molecular formula is C9H12ClF6NO. The third-order valence-corrected chi connectivity index (χ3v) is 2.64. The highest BCUT2D eigenvalue weighted by Gasteiger charge is 2.60. The van der Waals surface area contributed by atoms with E-state index in [-0.39, 0.29) is 13.0 Å². The van der Waals surface area contributed by atoms with Crippen LogP contribution >= 0.6 is 11.6 Å². The Hall–Kier alpha value is -0.660. The molecule has 0 aromatic rings. The molecule has 0 heterocycles. The van der Waals surface area contributed by atoms with E-state index in [1.165, 1.54) is 0 Å². The minimum Gasteiger partial charge on any atom is -0.355 e. The van der Waals surface area contributed by atoms with Crippen LogP contribution in [0.1, 0.15) is 19.8 Å². The molecule has 18 heavy (non-hydrogen) atoms. The molecule has 0 aromatic carbocycles. The Kier molecular flexibility index (Phi) is 6.25. The SMILES string of the molecule is CCC(Cl)CCNC(=O)C(C(F)(F)F)C(F)(F)F. The molecule has 0 aliphatic carbocycles. The summed E-state index contributed by atoms with van der Waals surface area (Å²) in [7, 11) is 0. The number of hydrogen-bond donors (Lipinski definition) is 1. The smallest absolute Gasteiger partial charge is 0.355 e. The standard InChI is InChI=1S/C9H12ClF6NO/c1-2-5(10)3-4-17-7(18)6(8(11,12)13)9(14,15)16/h5-6H,2-4H2,1H3,(H,17,18). The van der Waals surface area contributed by atoms with Gasteiger partial charge in [-0.15, -0.1) is 11.6 Å². The third-order valence-electron chi connectivity index (χ3n) is 2.12. The first-order valence-corrected chi connectivity index (χ1v) is 5.49. The van der Waals surface area contributed by atoms with E-state index in [4.69, 9.17) is 11.6 Å². The fourth-order valence-electron chi connectivity index (χ4n) is 1.14. The summed E-state index contributed by atoms with van der Waals surface area (Å²) in [5.74, 6) is -6.10. The monoisotopic (exact) mass is 299 g/mol. The predicted molar refractivity (Wildman–Crippen MR) is 53.2 cm³/mol. The lowest BCUT2D eigenvalue weighted by atomic mass is 10.1. The third kappa shape index (κ3) is 5.79. The fourth-order valence-corrected chi connectivity index (χ4v) is 1.25. The van der Waals surface area contributed by atoms with Crippen LogP contribution in [0.3, 0.4) is 0 Å². The first-order valence-electron chi connectivity index (χ1n) is 5.05. The van der Waals surface area contributed by atoms with Gasteiger partial charge in [0.25, 0.3) is 0 Å². The van der Waals surface area contributed by atoms with Crippen LogP contribution in [0, 0.1) is 5.92 Å². The minimum atomic E-state index is -5.66. The van der Waals surface area contributed by atoms with Gasteiger partial charge in [0, 0.05) is 11.9 Å². The molecule has 9 heteroatoms. The molecule has 0 radical (unpaired) electrons. The van der Waals surface area contributed by atoms with E-state index in [0.717, 1.165) is 0 Å². The summed E-state index contributed by atoms with van der Waals surface area (Å²) < 4.78 is 72.7. The second-order valence-corrected chi connectivity index (χ2v) is 4.22. The number of halogens is 7. The average Bonchev–Trinajstić information content (AvgIpc) is 2.12. The summed E-state index contributed by atoms with van der Waals surface area (Å²) in [6, 6.07) is 0. The summed E-state index contributed by atoms with van der Waals surface area (Å²) in [5, 5.41) is 1.20. The van der Waals surface area contributed by atoms with E-state index in [9.17, 15) is 31.1 Å². The van der Waals surface area contributed by atoms with Crippen molar-refractivity contribution in [1.29, 1.82) is 0 Å². The van der Waals surface area contributed by atoms with E-state index in [1.807, 2.05) is 0 Å². The number of hydrogen-bond acceptors (Lipinski definition) is 1. The second kappa shape index (κ2) is 6.49. The van der Waals surface area contributed by atoms with Gasteiger partial charge in [0.2, 0.25) is 11.8 Å². The summed E-state index contributed by atoms with van der Waals surface area (Å²) in [6.07, 6.45) is -10.7. The lowest BCUT2D eigenvalue weighted by molar-refractivity contribution is -0.274. The Balaban J connectivity index is 4.52. The number of carbonyl (C=O) groups is 1. The molecule has 0 aliphatic heterocycles. The molecule has 0 aliphatic rings. The highest BCUT2D eigenvalue weighted by molar-refractivity contribution is 6.20. The molecule has 0 aromatic heterocycles. The fraction of sp³-hybridized carbons (Fsp3) is 0.889. The molecular weight excluding hydrogens is 288 g/mol. The summed E-state index contributed by atoms with van der Waals surface area (Å²) in [5.41, 5.74) is 0. The van der Waals surface area contributed by atoms with Crippen molar-refractivity contribution in [2.75, 3.05) is 6.54 Å². The van der Waals surface area contributed by atoms with Gasteiger partial charge in [0.15, 0.2) is 0 Å². The molecule has 108 valence electrons. The van der Waals surface area contributed by atoms with Gasteiger partial charge in [-0.2, -0.15) is 26.3 Å². The van der Waals surface area contributed by atoms with Gasteiger partial charge in [-0.25, -0.2) is 0 Å². The van der Waals surface area contributed by atoms with Crippen LogP contribution in [0.5, 0.6) is 0 Å². The summed E-state index contributed by atoms with van der Waals surface area (Å²) in [6.45, 7) is 1.37. The van der Waals surface area contributed by atoms with Crippen LogP contribution in [0.2, 0.25) is 0 Å². The number of rotatable bonds is 5. The Morgan fingerprint density at radius 2 is 1.61 bits per heavy atom. The van der Waals surface area contributed by atoms with Crippen molar-refractivity contribution in [3.05, 3.63) is 0 Å². The van der Waals surface area contributed by atoms with Crippen molar-refractivity contribution < 1.29 is 31.1 Å². The average molecular weight is 300 g/mol. The Morgan fingerprint density at radius 1 is 1.17 bits per heavy atom. The van der Waals surface area contributed by atoms with Crippen LogP contribution < -0.4 is 5.32 Å². The molecule has 1 unspecified atom stereocenters. The number of alkyl halides is 7. The van der Waals surface area contributed by atoms with Gasteiger partial charge in [-0.3, -0.25) is 4.79 Å². The molecule has 0 saturated carbocycles. The lowest BCUT2D eigenvalue weighted by Gasteiger charge is -2.22. The van der Waals surface area contributed by atoms with Crippen molar-refractivity contribution >= 4 is 17.5 Å². The topological polar surface area (TPSA) is 29.1 Å². The van der Waals surface area contributed by atoms with Crippen molar-refractivity contribution in [3.8, 4) is 0 Å². The number of nitrogens with one attached hydrogen (secondary N) is 1. The first kappa shape index (κ1) is 17.3. The normalized spacial score (nSPS) is 14.7. The Labute approximate surface area is 105 Å². The number of amides is 1. The first-order chi connectivity index (χ1) is 8.00. The zero-order chi connectivity index (χ0) is 14.6. The zero-order valence-electron chi connectivity index (χ0n) is 9.33. The van der Waals surface area contributed by atoms with E-state index >= 15 is 0 Å². The Morgan fingerprint density at radius 3 is 1.94 bits per heavy atom. The van der Waals surface area contributed by atoms with Gasteiger partial charge in [0.05, 0.1) is 0 Å². The maximum absolute atomic E-state index is 12.1. The molecule has 0 rings (SSSR count). The van der Waals surface area contributed by atoms with Gasteiger partial charge >= 0.3 is 12.4 Å². The van der Waals surface area contributed by atoms with Crippen molar-refractivity contribution in [2.24, 2.45) is 5.92 Å².